The van der Waals surface area contributed by atoms with Gasteiger partial charge in [-0.1, -0.05) is 17.7 Å². The Morgan fingerprint density at radius 3 is 2.96 bits per heavy atom. The van der Waals surface area contributed by atoms with Gasteiger partial charge < -0.3 is 9.84 Å². The number of aliphatic hydroxyl groups is 1. The Morgan fingerprint density at radius 1 is 1.50 bits per heavy atom. The molecule has 0 radical (unpaired) electrons. The van der Waals surface area contributed by atoms with Crippen molar-refractivity contribution in [3.05, 3.63) is 33.4 Å². The van der Waals surface area contributed by atoms with Crippen LogP contribution in [-0.4, -0.2) is 34.0 Å². The number of ether oxygens (including phenoxy) is 1. The first-order valence-corrected chi connectivity index (χ1v) is 8.75. The van der Waals surface area contributed by atoms with Crippen LogP contribution in [0.2, 0.25) is 5.02 Å². The number of rotatable bonds is 4. The topological polar surface area (TPSA) is 47.3 Å². The number of aromatic nitrogens is 2. The van der Waals surface area contributed by atoms with E-state index in [2.05, 4.69) is 21.0 Å². The Balaban J connectivity index is 2.02. The lowest BCUT2D eigenvalue weighted by molar-refractivity contribution is -0.0366. The van der Waals surface area contributed by atoms with Gasteiger partial charge in [-0.2, -0.15) is 13.9 Å². The fourth-order valence-electron chi connectivity index (χ4n) is 2.69. The molecule has 0 saturated carbocycles. The summed E-state index contributed by atoms with van der Waals surface area (Å²) >= 11 is 9.70. The second-order valence-electron chi connectivity index (χ2n) is 5.68. The summed E-state index contributed by atoms with van der Waals surface area (Å²) < 4.78 is 34.6. The molecule has 1 aliphatic rings. The standard InChI is InChI=1S/C16H16BrClF2N2O2/c17-15-10(4-5-16(19,20)9-23)12(18)7-13-11(15)8-21-22(13)14-3-1-2-6-24-14/h4-5,7-8,14,23H,1-3,6,9H2/b5-4+. The van der Waals surface area contributed by atoms with Crippen LogP contribution in [0.4, 0.5) is 8.78 Å². The van der Waals surface area contributed by atoms with E-state index in [1.165, 1.54) is 6.08 Å². The number of fused-ring (bicyclic) bond motifs is 1. The van der Waals surface area contributed by atoms with Gasteiger partial charge in [-0.05, 0) is 47.3 Å². The van der Waals surface area contributed by atoms with E-state index in [-0.39, 0.29) is 6.23 Å². The quantitative estimate of drug-likeness (QED) is 0.772. The predicted octanol–water partition coefficient (Wildman–Crippen LogP) is 4.79. The summed E-state index contributed by atoms with van der Waals surface area (Å²) in [6.07, 6.45) is 6.34. The van der Waals surface area contributed by atoms with Crippen LogP contribution in [-0.2, 0) is 4.74 Å². The molecular weight excluding hydrogens is 406 g/mol. The minimum absolute atomic E-state index is 0.140. The number of nitrogens with zero attached hydrogens (tertiary/aromatic N) is 2. The van der Waals surface area contributed by atoms with E-state index in [0.29, 0.717) is 27.7 Å². The predicted molar refractivity (Wildman–Crippen MR) is 92.3 cm³/mol. The molecule has 2 heterocycles. The molecule has 1 atom stereocenters. The molecule has 24 heavy (non-hydrogen) atoms. The first kappa shape index (κ1) is 17.8. The Hall–Kier alpha value is -1.02. The van der Waals surface area contributed by atoms with Crippen LogP contribution >= 0.6 is 27.5 Å². The van der Waals surface area contributed by atoms with Crippen molar-refractivity contribution < 1.29 is 18.6 Å². The molecule has 1 fully saturated rings. The van der Waals surface area contributed by atoms with Gasteiger partial charge in [0.25, 0.3) is 5.92 Å². The minimum atomic E-state index is -3.29. The van der Waals surface area contributed by atoms with Crippen LogP contribution in [0.3, 0.4) is 0 Å². The van der Waals surface area contributed by atoms with Crippen LogP contribution in [0, 0.1) is 0 Å². The minimum Gasteiger partial charge on any atom is -0.390 e. The molecule has 1 aromatic heterocycles. The van der Waals surface area contributed by atoms with Crippen LogP contribution in [0.15, 0.2) is 22.8 Å². The zero-order chi connectivity index (χ0) is 17.3. The van der Waals surface area contributed by atoms with Crippen molar-refractivity contribution in [3.8, 4) is 0 Å². The van der Waals surface area contributed by atoms with Crippen molar-refractivity contribution in [3.63, 3.8) is 0 Å². The molecule has 3 rings (SSSR count). The van der Waals surface area contributed by atoms with E-state index in [1.807, 2.05) is 0 Å². The third-order valence-electron chi connectivity index (χ3n) is 3.96. The van der Waals surface area contributed by atoms with Crippen LogP contribution in [0.5, 0.6) is 0 Å². The molecule has 1 N–H and O–H groups in total. The van der Waals surface area contributed by atoms with E-state index >= 15 is 0 Å². The second kappa shape index (κ2) is 7.07. The summed E-state index contributed by atoms with van der Waals surface area (Å²) in [6.45, 7) is -0.560. The van der Waals surface area contributed by atoms with Crippen molar-refractivity contribution in [1.29, 1.82) is 0 Å². The zero-order valence-electron chi connectivity index (χ0n) is 12.7. The summed E-state index contributed by atoms with van der Waals surface area (Å²) in [5, 5.41) is 14.1. The second-order valence-corrected chi connectivity index (χ2v) is 6.88. The number of halogens is 4. The smallest absolute Gasteiger partial charge is 0.289 e. The molecule has 0 aliphatic carbocycles. The normalized spacial score (nSPS) is 19.5. The number of alkyl halides is 2. The Labute approximate surface area is 151 Å². The van der Waals surface area contributed by atoms with Gasteiger partial charge in [-0.25, -0.2) is 4.68 Å². The molecule has 0 amide bonds. The summed E-state index contributed by atoms with van der Waals surface area (Å²) in [4.78, 5) is 0. The molecule has 130 valence electrons. The largest absolute Gasteiger partial charge is 0.390 e. The van der Waals surface area contributed by atoms with Gasteiger partial charge in [-0.15, -0.1) is 0 Å². The maximum absolute atomic E-state index is 13.2. The third-order valence-corrected chi connectivity index (χ3v) is 5.13. The fourth-order valence-corrected chi connectivity index (χ4v) is 3.72. The molecule has 1 saturated heterocycles. The van der Waals surface area contributed by atoms with Crippen molar-refractivity contribution in [2.45, 2.75) is 31.4 Å². The van der Waals surface area contributed by atoms with Gasteiger partial charge in [0, 0.05) is 22.0 Å². The van der Waals surface area contributed by atoms with Gasteiger partial charge in [0.05, 0.1) is 16.7 Å². The van der Waals surface area contributed by atoms with Crippen LogP contribution in [0.1, 0.15) is 31.1 Å². The van der Waals surface area contributed by atoms with Crippen molar-refractivity contribution in [2.24, 2.45) is 0 Å². The lowest BCUT2D eigenvalue weighted by Crippen LogP contribution is -2.19. The van der Waals surface area contributed by atoms with Gasteiger partial charge in [-0.3, -0.25) is 0 Å². The molecule has 0 bridgehead atoms. The summed E-state index contributed by atoms with van der Waals surface area (Å²) in [6, 6.07) is 1.70. The highest BCUT2D eigenvalue weighted by atomic mass is 79.9. The molecular formula is C16H16BrClF2N2O2. The number of aliphatic hydroxyl groups excluding tert-OH is 1. The maximum Gasteiger partial charge on any atom is 0.289 e. The summed E-state index contributed by atoms with van der Waals surface area (Å²) in [5.41, 5.74) is 1.20. The van der Waals surface area contributed by atoms with E-state index in [4.69, 9.17) is 21.4 Å². The first-order chi connectivity index (χ1) is 11.4. The highest BCUT2D eigenvalue weighted by Crippen LogP contribution is 2.37. The van der Waals surface area contributed by atoms with Crippen molar-refractivity contribution in [1.82, 2.24) is 9.78 Å². The van der Waals surface area contributed by atoms with E-state index < -0.39 is 12.5 Å². The van der Waals surface area contributed by atoms with Gasteiger partial charge in [0.15, 0.2) is 6.23 Å². The number of benzene rings is 1. The average molecular weight is 422 g/mol. The Bertz CT molecular complexity index is 773. The van der Waals surface area contributed by atoms with Crippen LogP contribution < -0.4 is 0 Å². The highest BCUT2D eigenvalue weighted by molar-refractivity contribution is 9.10. The molecule has 1 aliphatic heterocycles. The molecule has 1 aromatic carbocycles. The monoisotopic (exact) mass is 420 g/mol. The fraction of sp³-hybridized carbons (Fsp3) is 0.438. The lowest BCUT2D eigenvalue weighted by atomic mass is 10.1. The Kier molecular flexibility index (Phi) is 5.24. The first-order valence-electron chi connectivity index (χ1n) is 7.58. The van der Waals surface area contributed by atoms with Crippen LogP contribution in [0.25, 0.3) is 17.0 Å². The van der Waals surface area contributed by atoms with Gasteiger partial charge in [0.2, 0.25) is 0 Å². The zero-order valence-corrected chi connectivity index (χ0v) is 15.0. The highest BCUT2D eigenvalue weighted by Gasteiger charge is 2.24. The maximum atomic E-state index is 13.2. The molecule has 8 heteroatoms. The van der Waals surface area contributed by atoms with E-state index in [9.17, 15) is 8.78 Å². The summed E-state index contributed by atoms with van der Waals surface area (Å²) in [7, 11) is 0. The van der Waals surface area contributed by atoms with Gasteiger partial charge >= 0.3 is 0 Å². The number of hydrogen-bond acceptors (Lipinski definition) is 3. The van der Waals surface area contributed by atoms with Crippen molar-refractivity contribution in [2.75, 3.05) is 13.2 Å². The number of hydrogen-bond donors (Lipinski definition) is 1. The lowest BCUT2D eigenvalue weighted by Gasteiger charge is -2.23. The Morgan fingerprint density at radius 2 is 2.29 bits per heavy atom. The van der Waals surface area contributed by atoms with Crippen molar-refractivity contribution >= 4 is 44.5 Å². The van der Waals surface area contributed by atoms with E-state index in [1.54, 1.807) is 16.9 Å². The average Bonchev–Trinajstić information content (AvgIpc) is 2.99. The van der Waals surface area contributed by atoms with Gasteiger partial charge in [0.1, 0.15) is 6.61 Å². The molecule has 0 spiro atoms. The summed E-state index contributed by atoms with van der Waals surface area (Å²) in [5.74, 6) is -3.29. The SMILES string of the molecule is OCC(F)(F)/C=C/c1c(Cl)cc2c(cnn2C2CCCCO2)c1Br. The molecule has 2 aromatic rings. The third kappa shape index (κ3) is 3.49. The van der Waals surface area contributed by atoms with E-state index in [0.717, 1.165) is 30.2 Å². The molecule has 1 unspecified atom stereocenters. The molecule has 4 nitrogen and oxygen atoms in total.